The van der Waals surface area contributed by atoms with Gasteiger partial charge in [0.2, 0.25) is 0 Å². The molecule has 0 spiro atoms. The van der Waals surface area contributed by atoms with E-state index in [2.05, 4.69) is 276 Å². The van der Waals surface area contributed by atoms with E-state index in [-0.39, 0.29) is 0 Å². The number of allylic oxidation sites excluding steroid dienone is 4. The van der Waals surface area contributed by atoms with E-state index in [0.717, 1.165) is 42.0 Å². The number of fused-ring (bicyclic) bond motifs is 10. The fourth-order valence-electron chi connectivity index (χ4n) is 11.0. The first kappa shape index (κ1) is 43.3. The molecule has 1 aliphatic carbocycles. The Morgan fingerprint density at radius 2 is 1.08 bits per heavy atom. The minimum absolute atomic E-state index is 0.917. The average Bonchev–Trinajstić information content (AvgIpc) is 4.10. The Balaban J connectivity index is 0.000000158. The van der Waals surface area contributed by atoms with Crippen molar-refractivity contribution in [2.75, 3.05) is 4.90 Å². The quantitative estimate of drug-likeness (QED) is 0.148. The molecule has 0 saturated heterocycles. The minimum atomic E-state index is 0.917. The number of hydrogen-bond donors (Lipinski definition) is 0. The third-order valence-corrected chi connectivity index (χ3v) is 15.5. The molecule has 0 fully saturated rings. The van der Waals surface area contributed by atoms with Crippen molar-refractivity contribution in [3.63, 3.8) is 0 Å². The zero-order valence-corrected chi connectivity index (χ0v) is 40.9. The molecule has 1 aliphatic rings. The van der Waals surface area contributed by atoms with E-state index >= 15 is 0 Å². The van der Waals surface area contributed by atoms with Crippen molar-refractivity contribution in [2.45, 2.75) is 26.2 Å². The van der Waals surface area contributed by atoms with Crippen LogP contribution in [0.3, 0.4) is 0 Å². The van der Waals surface area contributed by atoms with Crippen molar-refractivity contribution in [2.24, 2.45) is 0 Å². The topological polar surface area (TPSA) is 13.1 Å². The van der Waals surface area contributed by atoms with Gasteiger partial charge in [-0.2, -0.15) is 0 Å². The molecule has 0 aliphatic heterocycles. The van der Waals surface area contributed by atoms with Crippen LogP contribution in [0.4, 0.5) is 17.1 Å². The van der Waals surface area contributed by atoms with Crippen LogP contribution >= 0.6 is 11.3 Å². The van der Waals surface area contributed by atoms with Crippen LogP contribution in [0.25, 0.3) is 86.3 Å². The highest BCUT2D eigenvalue weighted by atomic mass is 32.1. The smallest absolute Gasteiger partial charge is 0.0561 e. The number of rotatable bonds is 8. The normalized spacial score (nSPS) is 12.5. The summed E-state index contributed by atoms with van der Waals surface area (Å²) in [7, 11) is 0. The van der Waals surface area contributed by atoms with Crippen molar-refractivity contribution < 1.29 is 0 Å². The lowest BCUT2D eigenvalue weighted by Gasteiger charge is -2.26. The highest BCUT2D eigenvalue weighted by molar-refractivity contribution is 7.26. The van der Waals surface area contributed by atoms with Crippen molar-refractivity contribution in [3.05, 3.63) is 272 Å². The van der Waals surface area contributed by atoms with Gasteiger partial charge in [0.1, 0.15) is 0 Å². The molecule has 13 aromatic rings. The van der Waals surface area contributed by atoms with Crippen LogP contribution in [0, 0.1) is 6.92 Å². The molecule has 0 amide bonds. The SMILES string of the molecule is Cc1ccc2c3c4sc5ccccc5c4ccc3n(C3=CC=CCC3)c2c1.c1ccc(Cc2cccc(-c3cccc(N(c4ccccc4)c4ccc5c6ccccc6n(-c6ccccc6)c5c4)c3)c2)cc1. The third kappa shape index (κ3) is 7.87. The summed E-state index contributed by atoms with van der Waals surface area (Å²) in [5.74, 6) is 0. The molecule has 344 valence electrons. The number of para-hydroxylation sites is 3. The summed E-state index contributed by atoms with van der Waals surface area (Å²) >= 11 is 1.92. The molecule has 14 rings (SSSR count). The van der Waals surface area contributed by atoms with Gasteiger partial charge in [0.15, 0.2) is 0 Å². The summed E-state index contributed by atoms with van der Waals surface area (Å²) in [6, 6.07) is 85.7. The molecular weight excluding hydrogens is 891 g/mol. The summed E-state index contributed by atoms with van der Waals surface area (Å²) in [5, 5.41) is 8.01. The molecule has 72 heavy (non-hydrogen) atoms. The summed E-state index contributed by atoms with van der Waals surface area (Å²) in [5.41, 5.74) is 17.3. The van der Waals surface area contributed by atoms with Gasteiger partial charge >= 0.3 is 0 Å². The van der Waals surface area contributed by atoms with Gasteiger partial charge in [-0.15, -0.1) is 11.3 Å². The molecule has 3 aromatic heterocycles. The van der Waals surface area contributed by atoms with Crippen LogP contribution in [-0.4, -0.2) is 9.13 Å². The lowest BCUT2D eigenvalue weighted by molar-refractivity contribution is 0.979. The van der Waals surface area contributed by atoms with Crippen molar-refractivity contribution in [1.82, 2.24) is 9.13 Å². The summed E-state index contributed by atoms with van der Waals surface area (Å²) < 4.78 is 7.65. The van der Waals surface area contributed by atoms with E-state index in [0.29, 0.717) is 0 Å². The van der Waals surface area contributed by atoms with Gasteiger partial charge in [0.05, 0.1) is 22.1 Å². The number of nitrogens with zero attached hydrogens (tertiary/aromatic N) is 3. The molecule has 0 bridgehead atoms. The van der Waals surface area contributed by atoms with E-state index < -0.39 is 0 Å². The second-order valence-corrected chi connectivity index (χ2v) is 19.9. The molecule has 0 saturated carbocycles. The van der Waals surface area contributed by atoms with E-state index in [1.807, 2.05) is 11.3 Å². The first-order valence-corrected chi connectivity index (χ1v) is 25.8. The summed E-state index contributed by atoms with van der Waals surface area (Å²) in [4.78, 5) is 2.36. The van der Waals surface area contributed by atoms with Gasteiger partial charge in [-0.3, -0.25) is 0 Å². The number of anilines is 3. The number of aromatic nitrogens is 2. The fourth-order valence-corrected chi connectivity index (χ4v) is 12.2. The number of benzene rings is 10. The highest BCUT2D eigenvalue weighted by Gasteiger charge is 2.20. The van der Waals surface area contributed by atoms with Crippen LogP contribution in [0.15, 0.2) is 255 Å². The Bertz CT molecular complexity index is 4190. The summed E-state index contributed by atoms with van der Waals surface area (Å²) in [6.45, 7) is 2.19. The first-order chi connectivity index (χ1) is 35.6. The van der Waals surface area contributed by atoms with Gasteiger partial charge < -0.3 is 14.0 Å². The fraction of sp³-hybridized carbons (Fsp3) is 0.0588. The van der Waals surface area contributed by atoms with Crippen LogP contribution in [-0.2, 0) is 6.42 Å². The maximum absolute atomic E-state index is 2.49. The minimum Gasteiger partial charge on any atom is -0.313 e. The van der Waals surface area contributed by atoms with E-state index in [9.17, 15) is 0 Å². The number of hydrogen-bond acceptors (Lipinski definition) is 2. The van der Waals surface area contributed by atoms with Crippen molar-refractivity contribution >= 4 is 97.9 Å². The first-order valence-electron chi connectivity index (χ1n) is 25.0. The Kier molecular flexibility index (Phi) is 11.2. The average molecular weight is 942 g/mol. The maximum Gasteiger partial charge on any atom is 0.0561 e. The van der Waals surface area contributed by atoms with Crippen molar-refractivity contribution in [3.8, 4) is 16.8 Å². The molecular formula is C68H51N3S. The zero-order chi connectivity index (χ0) is 48.0. The lowest BCUT2D eigenvalue weighted by atomic mass is 9.98. The second-order valence-electron chi connectivity index (χ2n) is 18.9. The van der Waals surface area contributed by atoms with E-state index in [1.54, 1.807) is 0 Å². The number of aryl methyl sites for hydroxylation is 1. The standard InChI is InChI=1S/C43H32N2.C25H19NS/c1-4-14-32(15-5-1)28-33-16-12-17-34(29-33)35-18-13-23-38(30-35)44(36-19-6-2-7-20-36)39-26-27-41-40-24-10-11-25-42(40)45(43(41)31-39)37-21-8-3-9-22-37;1-16-11-12-20-22(15-16)26(17-7-3-2-4-8-17)21-14-13-19-18-9-5-6-10-23(18)27-25(19)24(20)21/h1-27,29-31H,28H2;2-3,5-7,9-15H,4,8H2,1H3. The van der Waals surface area contributed by atoms with Crippen LogP contribution < -0.4 is 4.90 Å². The Morgan fingerprint density at radius 3 is 1.90 bits per heavy atom. The predicted molar refractivity (Wildman–Crippen MR) is 310 cm³/mol. The molecule has 0 unspecified atom stereocenters. The molecule has 10 aromatic carbocycles. The van der Waals surface area contributed by atoms with Gasteiger partial charge in [-0.05, 0) is 133 Å². The van der Waals surface area contributed by atoms with Gasteiger partial charge in [-0.1, -0.05) is 176 Å². The van der Waals surface area contributed by atoms with Crippen molar-refractivity contribution in [1.29, 1.82) is 0 Å². The van der Waals surface area contributed by atoms with E-state index in [4.69, 9.17) is 0 Å². The monoisotopic (exact) mass is 941 g/mol. The number of thiophene rings is 1. The van der Waals surface area contributed by atoms with Crippen LogP contribution in [0.2, 0.25) is 0 Å². The Labute approximate surface area is 424 Å². The molecule has 0 atom stereocenters. The molecule has 3 nitrogen and oxygen atoms in total. The zero-order valence-electron chi connectivity index (χ0n) is 40.1. The highest BCUT2D eigenvalue weighted by Crippen LogP contribution is 2.45. The molecule has 4 heteroatoms. The van der Waals surface area contributed by atoms with Crippen LogP contribution in [0.1, 0.15) is 29.5 Å². The van der Waals surface area contributed by atoms with Gasteiger partial charge in [0.25, 0.3) is 0 Å². The van der Waals surface area contributed by atoms with Gasteiger partial charge in [-0.25, -0.2) is 0 Å². The lowest BCUT2D eigenvalue weighted by Crippen LogP contribution is -2.10. The second kappa shape index (κ2) is 18.6. The Morgan fingerprint density at radius 1 is 0.444 bits per heavy atom. The molecule has 3 heterocycles. The van der Waals surface area contributed by atoms with Crippen LogP contribution in [0.5, 0.6) is 0 Å². The Hall–Kier alpha value is -8.70. The third-order valence-electron chi connectivity index (χ3n) is 14.3. The van der Waals surface area contributed by atoms with E-state index in [1.165, 1.54) is 97.3 Å². The molecule has 0 radical (unpaired) electrons. The summed E-state index contributed by atoms with van der Waals surface area (Å²) in [6.07, 6.45) is 9.86. The maximum atomic E-state index is 2.49. The predicted octanol–water partition coefficient (Wildman–Crippen LogP) is 19.2. The largest absolute Gasteiger partial charge is 0.313 e. The van der Waals surface area contributed by atoms with Gasteiger partial charge in [0, 0.05) is 70.2 Å². The molecule has 0 N–H and O–H groups in total.